The Hall–Kier alpha value is -0.500. The standard InChI is InChI=1S/C5H7ClO2/c1-3-4(6)5(7)8-2/h3-4H,1H2,2H3/t4-/m0/s1. The van der Waals surface area contributed by atoms with Gasteiger partial charge in [-0.15, -0.1) is 18.2 Å². The highest BCUT2D eigenvalue weighted by Crippen LogP contribution is 1.97. The van der Waals surface area contributed by atoms with Crippen molar-refractivity contribution in [3.63, 3.8) is 0 Å². The first-order chi connectivity index (χ1) is 3.72. The average molecular weight is 135 g/mol. The molecule has 0 aliphatic heterocycles. The van der Waals surface area contributed by atoms with Crippen LogP contribution in [0.4, 0.5) is 0 Å². The molecule has 0 aromatic rings. The summed E-state index contributed by atoms with van der Waals surface area (Å²) in [5.74, 6) is -0.471. The van der Waals surface area contributed by atoms with E-state index in [-0.39, 0.29) is 0 Å². The van der Waals surface area contributed by atoms with Gasteiger partial charge in [0.15, 0.2) is 0 Å². The van der Waals surface area contributed by atoms with E-state index in [4.69, 9.17) is 11.6 Å². The first kappa shape index (κ1) is 7.50. The number of rotatable bonds is 2. The highest BCUT2D eigenvalue weighted by molar-refractivity contribution is 6.31. The maximum atomic E-state index is 10.3. The third-order valence-electron chi connectivity index (χ3n) is 0.633. The number of ether oxygens (including phenoxy) is 1. The molecule has 0 aromatic carbocycles. The van der Waals surface area contributed by atoms with Gasteiger partial charge in [0.2, 0.25) is 0 Å². The Morgan fingerprint density at radius 1 is 2.00 bits per heavy atom. The summed E-state index contributed by atoms with van der Waals surface area (Å²) in [5.41, 5.74) is 0. The number of esters is 1. The zero-order chi connectivity index (χ0) is 6.57. The third kappa shape index (κ3) is 1.98. The second-order valence-corrected chi connectivity index (χ2v) is 1.63. The number of halogens is 1. The molecular formula is C5H7ClO2. The van der Waals surface area contributed by atoms with Gasteiger partial charge in [-0.3, -0.25) is 4.79 Å². The molecule has 46 valence electrons. The molecule has 0 heterocycles. The Kier molecular flexibility index (Phi) is 3.28. The molecule has 0 N–H and O–H groups in total. The maximum absolute atomic E-state index is 10.3. The van der Waals surface area contributed by atoms with Crippen molar-refractivity contribution >= 4 is 17.6 Å². The van der Waals surface area contributed by atoms with E-state index in [9.17, 15) is 4.79 Å². The molecule has 0 radical (unpaired) electrons. The average Bonchev–Trinajstić information content (AvgIpc) is 1.84. The summed E-state index contributed by atoms with van der Waals surface area (Å²) < 4.78 is 4.26. The highest BCUT2D eigenvalue weighted by atomic mass is 35.5. The number of hydrogen-bond donors (Lipinski definition) is 0. The van der Waals surface area contributed by atoms with Crippen LogP contribution in [0.3, 0.4) is 0 Å². The van der Waals surface area contributed by atoms with Crippen LogP contribution < -0.4 is 0 Å². The van der Waals surface area contributed by atoms with E-state index in [1.165, 1.54) is 13.2 Å². The third-order valence-corrected chi connectivity index (χ3v) is 0.990. The van der Waals surface area contributed by atoms with Crippen molar-refractivity contribution in [3.05, 3.63) is 12.7 Å². The van der Waals surface area contributed by atoms with E-state index in [1.54, 1.807) is 0 Å². The molecule has 0 unspecified atom stereocenters. The topological polar surface area (TPSA) is 26.3 Å². The quantitative estimate of drug-likeness (QED) is 0.319. The summed E-state index contributed by atoms with van der Waals surface area (Å²) in [4.78, 5) is 10.3. The van der Waals surface area contributed by atoms with E-state index in [2.05, 4.69) is 11.3 Å². The molecule has 2 nitrogen and oxygen atoms in total. The molecular weight excluding hydrogens is 128 g/mol. The zero-order valence-corrected chi connectivity index (χ0v) is 5.31. The van der Waals surface area contributed by atoms with E-state index >= 15 is 0 Å². The van der Waals surface area contributed by atoms with E-state index < -0.39 is 11.3 Å². The first-order valence-electron chi connectivity index (χ1n) is 2.06. The van der Waals surface area contributed by atoms with Crippen LogP contribution in [0.15, 0.2) is 12.7 Å². The summed E-state index contributed by atoms with van der Waals surface area (Å²) in [6.07, 6.45) is 1.31. The Bertz CT molecular complexity index is 101. The smallest absolute Gasteiger partial charge is 0.327 e. The molecule has 0 aliphatic rings. The van der Waals surface area contributed by atoms with Crippen molar-refractivity contribution in [2.45, 2.75) is 5.38 Å². The summed E-state index contributed by atoms with van der Waals surface area (Å²) in [6, 6.07) is 0. The summed E-state index contributed by atoms with van der Waals surface area (Å²) in [6.45, 7) is 3.30. The van der Waals surface area contributed by atoms with E-state index in [0.29, 0.717) is 0 Å². The van der Waals surface area contributed by atoms with Crippen LogP contribution in [-0.2, 0) is 9.53 Å². The largest absolute Gasteiger partial charge is 0.468 e. The minimum atomic E-state index is -0.708. The lowest BCUT2D eigenvalue weighted by atomic mass is 10.4. The van der Waals surface area contributed by atoms with Crippen molar-refractivity contribution in [1.82, 2.24) is 0 Å². The van der Waals surface area contributed by atoms with Crippen molar-refractivity contribution in [1.29, 1.82) is 0 Å². The van der Waals surface area contributed by atoms with Crippen LogP contribution in [0.1, 0.15) is 0 Å². The number of carbonyl (C=O) groups excluding carboxylic acids is 1. The summed E-state index contributed by atoms with van der Waals surface area (Å²) in [5, 5.41) is -0.708. The molecule has 1 atom stereocenters. The number of carbonyl (C=O) groups is 1. The van der Waals surface area contributed by atoms with Crippen molar-refractivity contribution < 1.29 is 9.53 Å². The van der Waals surface area contributed by atoms with Gasteiger partial charge in [0.1, 0.15) is 5.38 Å². The SMILES string of the molecule is C=C[C@H](Cl)C(=O)OC. The molecule has 0 aliphatic carbocycles. The Morgan fingerprint density at radius 2 is 2.50 bits per heavy atom. The van der Waals surface area contributed by atoms with Gasteiger partial charge in [-0.25, -0.2) is 0 Å². The fourth-order valence-corrected chi connectivity index (χ4v) is 0.298. The fourth-order valence-electron chi connectivity index (χ4n) is 0.209. The zero-order valence-electron chi connectivity index (χ0n) is 4.56. The minimum absolute atomic E-state index is 0.471. The Labute approximate surface area is 53.1 Å². The van der Waals surface area contributed by atoms with Crippen molar-refractivity contribution in [2.75, 3.05) is 7.11 Å². The number of methoxy groups -OCH3 is 1. The van der Waals surface area contributed by atoms with Crippen LogP contribution in [0.25, 0.3) is 0 Å². The van der Waals surface area contributed by atoms with Gasteiger partial charge in [0.05, 0.1) is 7.11 Å². The second kappa shape index (κ2) is 3.50. The number of alkyl halides is 1. The molecule has 0 saturated carbocycles. The molecule has 0 fully saturated rings. The Morgan fingerprint density at radius 3 is 2.62 bits per heavy atom. The van der Waals surface area contributed by atoms with Gasteiger partial charge < -0.3 is 4.74 Å². The predicted molar refractivity (Wildman–Crippen MR) is 31.9 cm³/mol. The number of hydrogen-bond acceptors (Lipinski definition) is 2. The van der Waals surface area contributed by atoms with Gasteiger partial charge in [-0.2, -0.15) is 0 Å². The van der Waals surface area contributed by atoms with Gasteiger partial charge in [0.25, 0.3) is 0 Å². The Balaban J connectivity index is 3.62. The van der Waals surface area contributed by atoms with E-state index in [0.717, 1.165) is 0 Å². The first-order valence-corrected chi connectivity index (χ1v) is 2.50. The molecule has 0 aromatic heterocycles. The summed E-state index contributed by atoms with van der Waals surface area (Å²) >= 11 is 5.32. The second-order valence-electron chi connectivity index (χ2n) is 1.16. The molecule has 3 heteroatoms. The van der Waals surface area contributed by atoms with Crippen molar-refractivity contribution in [3.8, 4) is 0 Å². The molecule has 0 amide bonds. The molecule has 8 heavy (non-hydrogen) atoms. The van der Waals surface area contributed by atoms with Gasteiger partial charge in [-0.05, 0) is 0 Å². The van der Waals surface area contributed by atoms with Crippen LogP contribution >= 0.6 is 11.6 Å². The molecule has 0 spiro atoms. The van der Waals surface area contributed by atoms with Crippen molar-refractivity contribution in [2.24, 2.45) is 0 Å². The van der Waals surface area contributed by atoms with Crippen LogP contribution in [0.2, 0.25) is 0 Å². The molecule has 0 bridgehead atoms. The lowest BCUT2D eigenvalue weighted by molar-refractivity contribution is -0.139. The minimum Gasteiger partial charge on any atom is -0.468 e. The van der Waals surface area contributed by atoms with Gasteiger partial charge in [0, 0.05) is 0 Å². The molecule has 0 saturated heterocycles. The van der Waals surface area contributed by atoms with E-state index in [1.807, 2.05) is 0 Å². The normalized spacial score (nSPS) is 12.2. The van der Waals surface area contributed by atoms with Crippen LogP contribution in [-0.4, -0.2) is 18.5 Å². The highest BCUT2D eigenvalue weighted by Gasteiger charge is 2.08. The predicted octanol–water partition coefficient (Wildman–Crippen LogP) is 0.953. The lowest BCUT2D eigenvalue weighted by Gasteiger charge is -1.97. The summed E-state index contributed by atoms with van der Waals surface area (Å²) in [7, 11) is 1.28. The fraction of sp³-hybridized carbons (Fsp3) is 0.400. The lowest BCUT2D eigenvalue weighted by Crippen LogP contribution is -2.12. The maximum Gasteiger partial charge on any atom is 0.327 e. The van der Waals surface area contributed by atoms with Crippen LogP contribution in [0.5, 0.6) is 0 Å². The van der Waals surface area contributed by atoms with Crippen LogP contribution in [0, 0.1) is 0 Å². The van der Waals surface area contributed by atoms with Gasteiger partial charge in [-0.1, -0.05) is 6.08 Å². The monoisotopic (exact) mass is 134 g/mol. The molecule has 0 rings (SSSR count). The van der Waals surface area contributed by atoms with Gasteiger partial charge >= 0.3 is 5.97 Å².